The first-order valence-corrected chi connectivity index (χ1v) is 2.70. The van der Waals surface area contributed by atoms with Gasteiger partial charge in [-0.25, -0.2) is 4.79 Å². The van der Waals surface area contributed by atoms with Crippen molar-refractivity contribution in [2.45, 2.75) is 13.5 Å². The molecule has 0 amide bonds. The zero-order valence-corrected chi connectivity index (χ0v) is 5.38. The number of hydrogen-bond acceptors (Lipinski definition) is 5. The van der Waals surface area contributed by atoms with Crippen LogP contribution in [0.3, 0.4) is 0 Å². The summed E-state index contributed by atoms with van der Waals surface area (Å²) in [4.78, 5) is 10.3. The van der Waals surface area contributed by atoms with Gasteiger partial charge >= 0.3 is 5.82 Å². The van der Waals surface area contributed by atoms with Gasteiger partial charge in [0.05, 0.1) is 6.54 Å². The SMILES string of the molecule is Cc1oc(=O)oc1CNO. The molecular weight excluding hydrogens is 138 g/mol. The first-order chi connectivity index (χ1) is 4.74. The third-order valence-electron chi connectivity index (χ3n) is 1.08. The lowest BCUT2D eigenvalue weighted by atomic mass is 10.4. The van der Waals surface area contributed by atoms with Gasteiger partial charge in [-0.3, -0.25) is 0 Å². The molecule has 0 bridgehead atoms. The summed E-state index contributed by atoms with van der Waals surface area (Å²) in [5, 5.41) is 8.20. The molecule has 0 atom stereocenters. The Labute approximate surface area is 56.2 Å². The van der Waals surface area contributed by atoms with Crippen molar-refractivity contribution < 1.29 is 14.0 Å². The van der Waals surface area contributed by atoms with E-state index < -0.39 is 5.82 Å². The number of nitrogens with one attached hydrogen (secondary N) is 1. The Bertz CT molecular complexity index is 261. The molecule has 1 aromatic heterocycles. The summed E-state index contributed by atoms with van der Waals surface area (Å²) in [5.74, 6) is -0.0539. The topological polar surface area (TPSA) is 75.6 Å². The highest BCUT2D eigenvalue weighted by atomic mass is 16.6. The van der Waals surface area contributed by atoms with E-state index in [1.165, 1.54) is 0 Å². The van der Waals surface area contributed by atoms with Crippen molar-refractivity contribution in [3.8, 4) is 0 Å². The molecule has 5 nitrogen and oxygen atoms in total. The standard InChI is InChI=1S/C5H7NO4/c1-3-4(2-6-8)10-5(7)9-3/h6,8H,2H2,1H3. The van der Waals surface area contributed by atoms with Crippen LogP contribution >= 0.6 is 0 Å². The van der Waals surface area contributed by atoms with Crippen LogP contribution in [0.2, 0.25) is 0 Å². The second-order valence-corrected chi connectivity index (χ2v) is 1.77. The molecule has 0 aliphatic carbocycles. The summed E-state index contributed by atoms with van der Waals surface area (Å²) >= 11 is 0. The molecule has 0 aliphatic rings. The molecule has 56 valence electrons. The first kappa shape index (κ1) is 7.04. The van der Waals surface area contributed by atoms with Crippen LogP contribution in [0, 0.1) is 6.92 Å². The Balaban J connectivity index is 2.92. The molecule has 0 unspecified atom stereocenters. The Morgan fingerprint density at radius 1 is 1.60 bits per heavy atom. The minimum absolute atomic E-state index is 0.0809. The van der Waals surface area contributed by atoms with E-state index in [1.807, 2.05) is 5.48 Å². The molecule has 10 heavy (non-hydrogen) atoms. The molecule has 0 saturated heterocycles. The largest absolute Gasteiger partial charge is 0.519 e. The first-order valence-electron chi connectivity index (χ1n) is 2.70. The van der Waals surface area contributed by atoms with Crippen molar-refractivity contribution in [3.05, 3.63) is 22.1 Å². The van der Waals surface area contributed by atoms with Crippen LogP contribution in [0.15, 0.2) is 13.6 Å². The van der Waals surface area contributed by atoms with E-state index in [-0.39, 0.29) is 6.54 Å². The molecule has 0 saturated carbocycles. The summed E-state index contributed by atoms with van der Waals surface area (Å²) < 4.78 is 9.00. The quantitative estimate of drug-likeness (QED) is 0.574. The maximum Gasteiger partial charge on any atom is 0.519 e. The van der Waals surface area contributed by atoms with Crippen LogP contribution in [-0.2, 0) is 6.54 Å². The number of rotatable bonds is 2. The van der Waals surface area contributed by atoms with Crippen molar-refractivity contribution in [1.82, 2.24) is 5.48 Å². The monoisotopic (exact) mass is 145 g/mol. The molecule has 2 N–H and O–H groups in total. The van der Waals surface area contributed by atoms with Crippen molar-refractivity contribution in [1.29, 1.82) is 0 Å². The maximum atomic E-state index is 10.3. The summed E-state index contributed by atoms with van der Waals surface area (Å²) in [6, 6.07) is 0. The van der Waals surface area contributed by atoms with Crippen LogP contribution in [-0.4, -0.2) is 5.21 Å². The Kier molecular flexibility index (Phi) is 1.88. The average Bonchev–Trinajstić information content (AvgIpc) is 2.13. The molecule has 0 spiro atoms. The molecule has 0 fully saturated rings. The second kappa shape index (κ2) is 2.68. The van der Waals surface area contributed by atoms with Crippen LogP contribution in [0.25, 0.3) is 0 Å². The van der Waals surface area contributed by atoms with Crippen LogP contribution in [0.5, 0.6) is 0 Å². The van der Waals surface area contributed by atoms with Crippen molar-refractivity contribution in [2.24, 2.45) is 0 Å². The minimum atomic E-state index is -0.747. The van der Waals surface area contributed by atoms with E-state index in [9.17, 15) is 4.79 Å². The molecule has 0 aromatic carbocycles. The highest BCUT2D eigenvalue weighted by Gasteiger charge is 2.05. The fourth-order valence-electron chi connectivity index (χ4n) is 0.608. The molecule has 5 heteroatoms. The van der Waals surface area contributed by atoms with Gasteiger partial charge in [0, 0.05) is 0 Å². The van der Waals surface area contributed by atoms with Gasteiger partial charge in [0.15, 0.2) is 5.76 Å². The fraction of sp³-hybridized carbons (Fsp3) is 0.400. The van der Waals surface area contributed by atoms with Crippen LogP contribution in [0.4, 0.5) is 0 Å². The van der Waals surface area contributed by atoms with Gasteiger partial charge in [-0.2, -0.15) is 5.48 Å². The lowest BCUT2D eigenvalue weighted by molar-refractivity contribution is 0.152. The third kappa shape index (κ3) is 1.26. The second-order valence-electron chi connectivity index (χ2n) is 1.77. The van der Waals surface area contributed by atoms with E-state index in [0.29, 0.717) is 11.5 Å². The Morgan fingerprint density at radius 2 is 2.30 bits per heavy atom. The van der Waals surface area contributed by atoms with E-state index in [1.54, 1.807) is 6.92 Å². The van der Waals surface area contributed by atoms with E-state index in [2.05, 4.69) is 8.83 Å². The minimum Gasteiger partial charge on any atom is -0.396 e. The number of aryl methyl sites for hydroxylation is 1. The predicted octanol–water partition coefficient (Wildman–Crippen LogP) is 0.0200. The lowest BCUT2D eigenvalue weighted by Crippen LogP contribution is -2.06. The van der Waals surface area contributed by atoms with Crippen molar-refractivity contribution in [2.75, 3.05) is 0 Å². The van der Waals surface area contributed by atoms with E-state index in [0.717, 1.165) is 0 Å². The zero-order valence-electron chi connectivity index (χ0n) is 5.38. The third-order valence-corrected chi connectivity index (χ3v) is 1.08. The van der Waals surface area contributed by atoms with Gasteiger partial charge in [-0.1, -0.05) is 0 Å². The normalized spacial score (nSPS) is 10.2. The lowest BCUT2D eigenvalue weighted by Gasteiger charge is -1.89. The summed E-state index contributed by atoms with van der Waals surface area (Å²) in [6.07, 6.45) is 0. The van der Waals surface area contributed by atoms with Gasteiger partial charge in [0.25, 0.3) is 0 Å². The molecule has 1 aromatic rings. The summed E-state index contributed by atoms with van der Waals surface area (Å²) in [6.45, 7) is 1.66. The average molecular weight is 145 g/mol. The van der Waals surface area contributed by atoms with Crippen LogP contribution < -0.4 is 11.3 Å². The predicted molar refractivity (Wildman–Crippen MR) is 30.6 cm³/mol. The smallest absolute Gasteiger partial charge is 0.396 e. The Hall–Kier alpha value is -1.07. The van der Waals surface area contributed by atoms with Gasteiger partial charge in [-0.05, 0) is 6.92 Å². The molecular formula is C5H7NO4. The number of hydrogen-bond donors (Lipinski definition) is 2. The Morgan fingerprint density at radius 3 is 2.70 bits per heavy atom. The number of hydroxylamine groups is 1. The van der Waals surface area contributed by atoms with E-state index in [4.69, 9.17) is 5.21 Å². The molecule has 0 radical (unpaired) electrons. The van der Waals surface area contributed by atoms with Gasteiger partial charge in [0.2, 0.25) is 0 Å². The fourth-order valence-corrected chi connectivity index (χ4v) is 0.608. The van der Waals surface area contributed by atoms with Crippen molar-refractivity contribution >= 4 is 0 Å². The summed E-state index contributed by atoms with van der Waals surface area (Å²) in [5.41, 5.74) is 1.85. The van der Waals surface area contributed by atoms with Crippen LogP contribution in [0.1, 0.15) is 11.5 Å². The van der Waals surface area contributed by atoms with Gasteiger partial charge in [0.1, 0.15) is 5.76 Å². The summed E-state index contributed by atoms with van der Waals surface area (Å²) in [7, 11) is 0. The van der Waals surface area contributed by atoms with E-state index >= 15 is 0 Å². The highest BCUT2D eigenvalue weighted by Crippen LogP contribution is 2.02. The van der Waals surface area contributed by atoms with Crippen molar-refractivity contribution in [3.63, 3.8) is 0 Å². The molecule has 0 aliphatic heterocycles. The highest BCUT2D eigenvalue weighted by molar-refractivity contribution is 4.98. The van der Waals surface area contributed by atoms with Gasteiger partial charge in [-0.15, -0.1) is 0 Å². The maximum absolute atomic E-state index is 10.3. The van der Waals surface area contributed by atoms with Gasteiger partial charge < -0.3 is 14.0 Å². The zero-order chi connectivity index (χ0) is 7.56. The molecule has 1 heterocycles. The molecule has 1 rings (SSSR count).